The second kappa shape index (κ2) is 9.60. The van der Waals surface area contributed by atoms with Crippen molar-refractivity contribution in [3.05, 3.63) is 63.1 Å². The smallest absolute Gasteiger partial charge is 0.334 e. The summed E-state index contributed by atoms with van der Waals surface area (Å²) in [7, 11) is 1.11. The van der Waals surface area contributed by atoms with Crippen LogP contribution in [0.25, 0.3) is 0 Å². The van der Waals surface area contributed by atoms with Gasteiger partial charge in [-0.25, -0.2) is 4.79 Å². The van der Waals surface area contributed by atoms with E-state index in [4.69, 9.17) is 23.2 Å². The van der Waals surface area contributed by atoms with E-state index in [2.05, 4.69) is 10.6 Å². The van der Waals surface area contributed by atoms with E-state index < -0.39 is 41.2 Å². The number of urea groups is 1. The summed E-state index contributed by atoms with van der Waals surface area (Å²) in [5.41, 5.74) is -2.75. The molecular formula is C21H19Cl2F6N3O. The summed E-state index contributed by atoms with van der Waals surface area (Å²) in [6, 6.07) is 4.78. The lowest BCUT2D eigenvalue weighted by Gasteiger charge is -2.34. The Labute approximate surface area is 195 Å². The van der Waals surface area contributed by atoms with Crippen LogP contribution >= 0.6 is 23.2 Å². The first kappa shape index (κ1) is 25.5. The molecule has 4 nitrogen and oxygen atoms in total. The summed E-state index contributed by atoms with van der Waals surface area (Å²) in [6.45, 7) is 1.04. The Balaban J connectivity index is 1.86. The van der Waals surface area contributed by atoms with Crippen LogP contribution in [0.4, 0.5) is 36.8 Å². The predicted molar refractivity (Wildman–Crippen MR) is 114 cm³/mol. The zero-order chi connectivity index (χ0) is 24.6. The molecule has 2 aromatic rings. The second-order valence-electron chi connectivity index (χ2n) is 7.65. The summed E-state index contributed by atoms with van der Waals surface area (Å²) >= 11 is 12.0. The number of benzene rings is 2. The van der Waals surface area contributed by atoms with Crippen molar-refractivity contribution in [3.8, 4) is 0 Å². The average Bonchev–Trinajstić information content (AvgIpc) is 2.74. The standard InChI is InChI=1S/C21H19Cl2F6N3O/c1-32(14-8-12(20(24,25)26)7-13(9-14)21(27,28)29)19(33)31-18-4-5-30-10-15(18)11-2-3-16(22)17(23)6-11/h2-3,6-9,15,18,30H,4-5,10H2,1H3,(H,31,33). The van der Waals surface area contributed by atoms with Gasteiger partial charge in [-0.05, 0) is 48.9 Å². The van der Waals surface area contributed by atoms with Crippen LogP contribution in [0.1, 0.15) is 29.0 Å². The monoisotopic (exact) mass is 513 g/mol. The third kappa shape index (κ3) is 6.04. The van der Waals surface area contributed by atoms with Crippen molar-refractivity contribution < 1.29 is 31.1 Å². The van der Waals surface area contributed by atoms with Gasteiger partial charge in [0.05, 0.1) is 21.2 Å². The maximum atomic E-state index is 13.2. The molecule has 1 heterocycles. The van der Waals surface area contributed by atoms with Gasteiger partial charge < -0.3 is 10.6 Å². The van der Waals surface area contributed by atoms with Gasteiger partial charge in [0, 0.05) is 31.2 Å². The fraction of sp³-hybridized carbons (Fsp3) is 0.381. The van der Waals surface area contributed by atoms with Crippen LogP contribution in [0.3, 0.4) is 0 Å². The molecule has 1 aliphatic rings. The molecule has 0 radical (unpaired) electrons. The number of alkyl halides is 6. The lowest BCUT2D eigenvalue weighted by Crippen LogP contribution is -2.51. The summed E-state index contributed by atoms with van der Waals surface area (Å²) < 4.78 is 79.0. The number of nitrogens with one attached hydrogen (secondary N) is 2. The van der Waals surface area contributed by atoms with E-state index in [0.29, 0.717) is 41.7 Å². The van der Waals surface area contributed by atoms with E-state index in [1.165, 1.54) is 0 Å². The van der Waals surface area contributed by atoms with Gasteiger partial charge in [0.1, 0.15) is 0 Å². The molecule has 1 saturated heterocycles. The Morgan fingerprint density at radius 1 is 1.00 bits per heavy atom. The van der Waals surface area contributed by atoms with Crippen LogP contribution in [0.15, 0.2) is 36.4 Å². The van der Waals surface area contributed by atoms with Gasteiger partial charge in [0.15, 0.2) is 0 Å². The number of carbonyl (C=O) groups excluding carboxylic acids is 1. The number of piperidine rings is 1. The molecule has 2 unspecified atom stereocenters. The fourth-order valence-electron chi connectivity index (χ4n) is 3.63. The third-order valence-corrected chi connectivity index (χ3v) is 6.17. The van der Waals surface area contributed by atoms with E-state index in [-0.39, 0.29) is 12.0 Å². The Hall–Kier alpha value is -2.17. The van der Waals surface area contributed by atoms with Crippen molar-refractivity contribution in [2.45, 2.75) is 30.7 Å². The van der Waals surface area contributed by atoms with Crippen LogP contribution in [0.2, 0.25) is 10.0 Å². The van der Waals surface area contributed by atoms with Crippen LogP contribution in [-0.2, 0) is 12.4 Å². The average molecular weight is 514 g/mol. The maximum absolute atomic E-state index is 13.2. The first-order valence-electron chi connectivity index (χ1n) is 9.76. The molecule has 2 atom stereocenters. The lowest BCUT2D eigenvalue weighted by atomic mass is 9.87. The van der Waals surface area contributed by atoms with Gasteiger partial charge >= 0.3 is 18.4 Å². The molecule has 2 amide bonds. The first-order chi connectivity index (χ1) is 15.3. The largest absolute Gasteiger partial charge is 0.416 e. The predicted octanol–water partition coefficient (Wildman–Crippen LogP) is 6.32. The number of halogens is 8. The first-order valence-corrected chi connectivity index (χ1v) is 10.5. The highest BCUT2D eigenvalue weighted by atomic mass is 35.5. The maximum Gasteiger partial charge on any atom is 0.416 e. The zero-order valence-electron chi connectivity index (χ0n) is 17.1. The SMILES string of the molecule is CN(C(=O)NC1CCNCC1c1ccc(Cl)c(Cl)c1)c1cc(C(F)(F)F)cc(C(F)(F)F)c1. The van der Waals surface area contributed by atoms with Crippen LogP contribution in [0.5, 0.6) is 0 Å². The van der Waals surface area contributed by atoms with Gasteiger partial charge in [-0.2, -0.15) is 26.3 Å². The summed E-state index contributed by atoms with van der Waals surface area (Å²) in [5.74, 6) is -0.238. The molecule has 12 heteroatoms. The summed E-state index contributed by atoms with van der Waals surface area (Å²) in [5, 5.41) is 6.59. The van der Waals surface area contributed by atoms with E-state index >= 15 is 0 Å². The molecular weight excluding hydrogens is 495 g/mol. The molecule has 1 aliphatic heterocycles. The number of hydrogen-bond donors (Lipinski definition) is 2. The highest BCUT2D eigenvalue weighted by Crippen LogP contribution is 2.38. The van der Waals surface area contributed by atoms with E-state index in [1.807, 2.05) is 0 Å². The molecule has 0 bridgehead atoms. The minimum absolute atomic E-state index is 0.0162. The van der Waals surface area contributed by atoms with Gasteiger partial charge in [0.2, 0.25) is 0 Å². The van der Waals surface area contributed by atoms with Crippen molar-refractivity contribution in [2.24, 2.45) is 0 Å². The van der Waals surface area contributed by atoms with Crippen LogP contribution < -0.4 is 15.5 Å². The van der Waals surface area contributed by atoms with E-state index in [0.717, 1.165) is 17.5 Å². The third-order valence-electron chi connectivity index (χ3n) is 5.43. The fourth-order valence-corrected chi connectivity index (χ4v) is 3.94. The molecule has 2 aromatic carbocycles. The number of carbonyl (C=O) groups is 1. The quantitative estimate of drug-likeness (QED) is 0.471. The molecule has 0 aliphatic carbocycles. The Bertz CT molecular complexity index is 996. The van der Waals surface area contributed by atoms with Crippen molar-refractivity contribution in [1.82, 2.24) is 10.6 Å². The summed E-state index contributed by atoms with van der Waals surface area (Å²) in [4.78, 5) is 13.6. The molecule has 3 rings (SSSR count). The Morgan fingerprint density at radius 2 is 1.61 bits per heavy atom. The van der Waals surface area contributed by atoms with Gasteiger partial charge in [-0.1, -0.05) is 29.3 Å². The highest BCUT2D eigenvalue weighted by Gasteiger charge is 2.38. The molecule has 180 valence electrons. The molecule has 2 N–H and O–H groups in total. The number of nitrogens with zero attached hydrogens (tertiary/aromatic N) is 1. The molecule has 0 aromatic heterocycles. The Morgan fingerprint density at radius 3 is 2.15 bits per heavy atom. The number of rotatable bonds is 3. The molecule has 33 heavy (non-hydrogen) atoms. The van der Waals surface area contributed by atoms with E-state index in [9.17, 15) is 31.1 Å². The van der Waals surface area contributed by atoms with Crippen LogP contribution in [0, 0.1) is 0 Å². The van der Waals surface area contributed by atoms with Crippen LogP contribution in [-0.4, -0.2) is 32.2 Å². The normalized spacial score (nSPS) is 19.3. The van der Waals surface area contributed by atoms with Gasteiger partial charge in [0.25, 0.3) is 0 Å². The molecule has 1 fully saturated rings. The highest BCUT2D eigenvalue weighted by molar-refractivity contribution is 6.42. The van der Waals surface area contributed by atoms with Gasteiger partial charge in [-0.3, -0.25) is 4.90 Å². The zero-order valence-corrected chi connectivity index (χ0v) is 18.6. The van der Waals surface area contributed by atoms with Crippen molar-refractivity contribution in [2.75, 3.05) is 25.0 Å². The minimum Gasteiger partial charge on any atom is -0.334 e. The minimum atomic E-state index is -5.01. The van der Waals surface area contributed by atoms with Gasteiger partial charge in [-0.15, -0.1) is 0 Å². The lowest BCUT2D eigenvalue weighted by molar-refractivity contribution is -0.143. The van der Waals surface area contributed by atoms with E-state index in [1.54, 1.807) is 18.2 Å². The number of amides is 2. The molecule has 0 saturated carbocycles. The van der Waals surface area contributed by atoms with Crippen molar-refractivity contribution in [1.29, 1.82) is 0 Å². The Kier molecular flexibility index (Phi) is 7.40. The van der Waals surface area contributed by atoms with Crippen molar-refractivity contribution >= 4 is 34.9 Å². The topological polar surface area (TPSA) is 44.4 Å². The number of anilines is 1. The number of hydrogen-bond acceptors (Lipinski definition) is 2. The molecule has 0 spiro atoms. The second-order valence-corrected chi connectivity index (χ2v) is 8.47. The summed E-state index contributed by atoms with van der Waals surface area (Å²) in [6.07, 6.45) is -9.54. The van der Waals surface area contributed by atoms with Crippen molar-refractivity contribution in [3.63, 3.8) is 0 Å².